The number of carbonyl (C=O) groups is 1. The van der Waals surface area contributed by atoms with E-state index in [9.17, 15) is 20.1 Å². The normalized spacial score (nSPS) is 31.0. The Labute approximate surface area is 157 Å². The van der Waals surface area contributed by atoms with Gasteiger partial charge in [-0.15, -0.1) is 0 Å². The number of nitro benzene ring substituents is 1. The predicted molar refractivity (Wildman–Crippen MR) is 98.4 cm³/mol. The van der Waals surface area contributed by atoms with Crippen molar-refractivity contribution < 1.29 is 14.9 Å². The molecule has 0 spiro atoms. The van der Waals surface area contributed by atoms with Crippen LogP contribution in [0.1, 0.15) is 54.4 Å². The van der Waals surface area contributed by atoms with Gasteiger partial charge in [-0.1, -0.05) is 0 Å². The van der Waals surface area contributed by atoms with Crippen LogP contribution in [0.5, 0.6) is 0 Å². The first kappa shape index (κ1) is 18.2. The van der Waals surface area contributed by atoms with Crippen LogP contribution in [0.4, 0.5) is 11.4 Å². The summed E-state index contributed by atoms with van der Waals surface area (Å²) < 4.78 is 0. The minimum atomic E-state index is -0.655. The molecule has 1 aromatic rings. The van der Waals surface area contributed by atoms with Gasteiger partial charge in [-0.3, -0.25) is 20.1 Å². The van der Waals surface area contributed by atoms with Gasteiger partial charge in [-0.2, -0.15) is 0 Å². The number of hydrogen-bond acceptors (Lipinski definition) is 6. The molecule has 4 aliphatic carbocycles. The molecule has 8 heteroatoms. The fraction of sp³-hybridized carbons (Fsp3) is 0.632. The van der Waals surface area contributed by atoms with Gasteiger partial charge in [0.2, 0.25) is 0 Å². The first-order chi connectivity index (χ1) is 12.8. The molecular weight excluding hydrogens is 350 g/mol. The summed E-state index contributed by atoms with van der Waals surface area (Å²) in [5.41, 5.74) is -0.300. The van der Waals surface area contributed by atoms with Gasteiger partial charge in [0.1, 0.15) is 0 Å². The molecule has 0 saturated heterocycles. The van der Waals surface area contributed by atoms with Crippen molar-refractivity contribution in [3.05, 3.63) is 38.6 Å². The van der Waals surface area contributed by atoms with Crippen LogP contribution in [0.2, 0.25) is 0 Å². The monoisotopic (exact) mass is 374 g/mol. The fourth-order valence-electron chi connectivity index (χ4n) is 6.09. The molecule has 4 saturated carbocycles. The van der Waals surface area contributed by atoms with Crippen molar-refractivity contribution in [2.75, 3.05) is 11.8 Å². The summed E-state index contributed by atoms with van der Waals surface area (Å²) in [6.07, 6.45) is 7.37. The van der Waals surface area contributed by atoms with Crippen molar-refractivity contribution in [3.63, 3.8) is 0 Å². The molecule has 0 atom stereocenters. The summed E-state index contributed by atoms with van der Waals surface area (Å²) in [7, 11) is 0. The average Bonchev–Trinajstić information content (AvgIpc) is 2.58. The molecule has 0 unspecified atom stereocenters. The second-order valence-electron chi connectivity index (χ2n) is 8.77. The maximum Gasteiger partial charge on any atom is 0.275 e. The summed E-state index contributed by atoms with van der Waals surface area (Å²) >= 11 is 0. The first-order valence-corrected chi connectivity index (χ1v) is 9.50. The topological polar surface area (TPSA) is 119 Å². The second-order valence-corrected chi connectivity index (χ2v) is 8.77. The van der Waals surface area contributed by atoms with Gasteiger partial charge >= 0.3 is 0 Å². The maximum absolute atomic E-state index is 12.8. The van der Waals surface area contributed by atoms with Gasteiger partial charge in [0.15, 0.2) is 0 Å². The van der Waals surface area contributed by atoms with E-state index in [-0.39, 0.29) is 27.9 Å². The maximum atomic E-state index is 12.8. The van der Waals surface area contributed by atoms with Gasteiger partial charge in [-0.25, -0.2) is 0 Å². The van der Waals surface area contributed by atoms with Crippen molar-refractivity contribution in [3.8, 4) is 0 Å². The van der Waals surface area contributed by atoms with E-state index in [0.29, 0.717) is 6.54 Å². The lowest BCUT2D eigenvalue weighted by atomic mass is 9.49. The molecule has 4 aliphatic rings. The summed E-state index contributed by atoms with van der Waals surface area (Å²) in [5.74, 6) is 1.86. The highest BCUT2D eigenvalue weighted by molar-refractivity contribution is 5.97. The number of nitrogens with one attached hydrogen (secondary N) is 1. The highest BCUT2D eigenvalue weighted by Gasteiger charge is 2.50. The van der Waals surface area contributed by atoms with Crippen LogP contribution in [0.25, 0.3) is 0 Å². The van der Waals surface area contributed by atoms with E-state index in [1.807, 2.05) is 0 Å². The highest BCUT2D eigenvalue weighted by atomic mass is 16.8. The Morgan fingerprint density at radius 1 is 1.26 bits per heavy atom. The van der Waals surface area contributed by atoms with E-state index >= 15 is 0 Å². The largest absolute Gasteiger partial charge is 0.733 e. The van der Waals surface area contributed by atoms with Crippen LogP contribution < -0.4 is 10.5 Å². The molecule has 5 rings (SSSR count). The molecule has 8 nitrogen and oxygen atoms in total. The van der Waals surface area contributed by atoms with Crippen LogP contribution in [0.3, 0.4) is 0 Å². The van der Waals surface area contributed by atoms with Gasteiger partial charge in [0.25, 0.3) is 11.6 Å². The van der Waals surface area contributed by atoms with Crippen LogP contribution >= 0.6 is 0 Å². The summed E-state index contributed by atoms with van der Waals surface area (Å²) in [5, 5.41) is 34.1. The quantitative estimate of drug-likeness (QED) is 0.601. The number of amides is 1. The zero-order valence-corrected chi connectivity index (χ0v) is 15.3. The Morgan fingerprint density at radius 2 is 1.81 bits per heavy atom. The molecule has 1 amide bonds. The molecule has 0 heterocycles. The number of rotatable bonds is 5. The van der Waals surface area contributed by atoms with Gasteiger partial charge in [0, 0.05) is 18.2 Å². The minimum Gasteiger partial charge on any atom is -0.733 e. The van der Waals surface area contributed by atoms with E-state index in [2.05, 4.69) is 5.32 Å². The highest BCUT2D eigenvalue weighted by Crippen LogP contribution is 2.59. The molecule has 2 N–H and O–H groups in total. The minimum absolute atomic E-state index is 0.0545. The molecule has 0 aromatic heterocycles. The first-order valence-electron chi connectivity index (χ1n) is 9.50. The van der Waals surface area contributed by atoms with Crippen molar-refractivity contribution in [1.82, 2.24) is 5.32 Å². The van der Waals surface area contributed by atoms with Crippen LogP contribution in [0, 0.1) is 45.4 Å². The Balaban J connectivity index is 1.54. The second kappa shape index (κ2) is 6.45. The molecule has 0 aliphatic heterocycles. The van der Waals surface area contributed by atoms with E-state index < -0.39 is 16.1 Å². The molecule has 4 fully saturated rings. The van der Waals surface area contributed by atoms with E-state index in [4.69, 9.17) is 5.21 Å². The third-order valence-electron chi connectivity index (χ3n) is 6.82. The Morgan fingerprint density at radius 3 is 2.30 bits per heavy atom. The fourth-order valence-corrected chi connectivity index (χ4v) is 6.09. The Bertz CT molecular complexity index is 757. The summed E-state index contributed by atoms with van der Waals surface area (Å²) in [4.78, 5) is 23.3. The van der Waals surface area contributed by atoms with Crippen molar-refractivity contribution in [2.45, 2.75) is 45.4 Å². The van der Waals surface area contributed by atoms with Crippen LogP contribution in [-0.2, 0) is 0 Å². The van der Waals surface area contributed by atoms with Crippen molar-refractivity contribution >= 4 is 17.3 Å². The summed E-state index contributed by atoms with van der Waals surface area (Å²) in [6.45, 7) is 2.04. The molecule has 146 valence electrons. The zero-order valence-electron chi connectivity index (χ0n) is 15.3. The Kier molecular flexibility index (Phi) is 4.35. The third kappa shape index (κ3) is 3.27. The number of nitro groups is 1. The molecule has 27 heavy (non-hydrogen) atoms. The molecule has 1 aromatic carbocycles. The van der Waals surface area contributed by atoms with Gasteiger partial charge in [-0.05, 0) is 74.7 Å². The van der Waals surface area contributed by atoms with Crippen LogP contribution in [-0.4, -0.2) is 22.6 Å². The van der Waals surface area contributed by atoms with Crippen LogP contribution in [0.15, 0.2) is 12.1 Å². The van der Waals surface area contributed by atoms with Crippen molar-refractivity contribution in [1.29, 1.82) is 0 Å². The van der Waals surface area contributed by atoms with E-state index in [1.165, 1.54) is 32.3 Å². The average molecular weight is 374 g/mol. The van der Waals surface area contributed by atoms with E-state index in [1.54, 1.807) is 0 Å². The predicted octanol–water partition coefficient (Wildman–Crippen LogP) is 3.54. The number of hydrogen-bond donors (Lipinski definition) is 2. The lowest BCUT2D eigenvalue weighted by molar-refractivity contribution is -0.385. The SMILES string of the molecule is Cc1c(C(=O)NCC23CC4CC(CC(C4)C2)C3)cc(N([O-])O)cc1[N+](=O)[O-]. The summed E-state index contributed by atoms with van der Waals surface area (Å²) in [6, 6.07) is 2.17. The number of carbonyl (C=O) groups excluding carboxylic acids is 1. The molecule has 0 radical (unpaired) electrons. The smallest absolute Gasteiger partial charge is 0.275 e. The van der Waals surface area contributed by atoms with E-state index in [0.717, 1.165) is 43.1 Å². The molecular formula is C19H24N3O5-. The zero-order chi connectivity index (χ0) is 19.3. The number of anilines is 1. The Hall–Kier alpha value is -2.19. The van der Waals surface area contributed by atoms with Crippen molar-refractivity contribution in [2.24, 2.45) is 23.2 Å². The van der Waals surface area contributed by atoms with Gasteiger partial charge < -0.3 is 15.8 Å². The lowest BCUT2D eigenvalue weighted by Gasteiger charge is -2.56. The third-order valence-corrected chi connectivity index (χ3v) is 6.82. The number of benzene rings is 1. The lowest BCUT2D eigenvalue weighted by Crippen LogP contribution is -2.51. The molecule has 4 bridgehead atoms. The standard InChI is InChI=1S/C19H24N3O5/c1-11-16(5-15(21(24)25)6-17(11)22(26)27)18(23)20-10-19-7-12-2-13(8-19)4-14(3-12)9-19/h5-6,12-14,24H,2-4,7-10H2,1H3,(H,20,23)/q-1. The van der Waals surface area contributed by atoms with Gasteiger partial charge in [0.05, 0.1) is 16.2 Å². The number of nitrogens with zero attached hydrogens (tertiary/aromatic N) is 2.